The van der Waals surface area contributed by atoms with Gasteiger partial charge in [-0.05, 0) is 127 Å². The van der Waals surface area contributed by atoms with E-state index in [-0.39, 0.29) is 5.41 Å². The van der Waals surface area contributed by atoms with Gasteiger partial charge in [-0.15, -0.1) is 0 Å². The largest absolute Gasteiger partial charge is 0.399 e. The Morgan fingerprint density at radius 2 is 0.909 bits per heavy atom. The van der Waals surface area contributed by atoms with Crippen molar-refractivity contribution in [1.82, 2.24) is 0 Å². The molecule has 2 unspecified atom stereocenters. The Hall–Kier alpha value is -3.52. The summed E-state index contributed by atoms with van der Waals surface area (Å²) in [5.74, 6) is 1.66. The zero-order chi connectivity index (χ0) is 39.0. The number of nitrogens with two attached hydrogens (primary N) is 2. The zero-order valence-electron chi connectivity index (χ0n) is 35.6. The lowest BCUT2D eigenvalue weighted by Gasteiger charge is -2.42. The van der Waals surface area contributed by atoms with Crippen molar-refractivity contribution in [2.75, 3.05) is 11.5 Å². The van der Waals surface area contributed by atoms with E-state index >= 15 is 0 Å². The summed E-state index contributed by atoms with van der Waals surface area (Å²) in [4.78, 5) is 0. The van der Waals surface area contributed by atoms with Gasteiger partial charge in [0.25, 0.3) is 0 Å². The number of aryl methyl sites for hydroxylation is 2. The lowest BCUT2D eigenvalue weighted by molar-refractivity contribution is 0.250. The molecule has 0 aromatic heterocycles. The van der Waals surface area contributed by atoms with Gasteiger partial charge >= 0.3 is 0 Å². The zero-order valence-corrected chi connectivity index (χ0v) is 35.6. The van der Waals surface area contributed by atoms with E-state index in [9.17, 15) is 0 Å². The summed E-state index contributed by atoms with van der Waals surface area (Å²) in [6.07, 6.45) is 26.1. The molecule has 0 bridgehead atoms. The third kappa shape index (κ3) is 11.5. The molecule has 5 rings (SSSR count). The van der Waals surface area contributed by atoms with Crippen molar-refractivity contribution >= 4 is 11.4 Å². The molecule has 2 atom stereocenters. The fourth-order valence-corrected chi connectivity index (χ4v) is 10.0. The minimum Gasteiger partial charge on any atom is -0.399 e. The van der Waals surface area contributed by atoms with E-state index in [0.29, 0.717) is 11.8 Å². The van der Waals surface area contributed by atoms with Crippen LogP contribution in [-0.4, -0.2) is 0 Å². The lowest BCUT2D eigenvalue weighted by atomic mass is 9.62. The second-order valence-electron chi connectivity index (χ2n) is 17.5. The maximum Gasteiger partial charge on any atom is 0.0316 e. The van der Waals surface area contributed by atoms with Crippen molar-refractivity contribution in [3.05, 3.63) is 129 Å². The van der Waals surface area contributed by atoms with E-state index in [2.05, 4.69) is 120 Å². The Balaban J connectivity index is 1.46. The van der Waals surface area contributed by atoms with E-state index in [1.54, 1.807) is 0 Å². The number of hydrogen-bond donors (Lipinski definition) is 2. The molecule has 0 saturated heterocycles. The predicted octanol–water partition coefficient (Wildman–Crippen LogP) is 15.5. The van der Waals surface area contributed by atoms with Gasteiger partial charge in [-0.1, -0.05) is 171 Å². The van der Waals surface area contributed by atoms with Gasteiger partial charge in [0.05, 0.1) is 0 Å². The Bertz CT molecular complexity index is 1580. The SMILES string of the molecule is CCCCCCCC1CCC(c2ccc(C(CCCCCC)c3ccc(N)cc3C)cc2)(c2ccc(C(CCCCCC)c3ccc(N)cc3C)cc2)CC1. The van der Waals surface area contributed by atoms with Crippen LogP contribution in [0.15, 0.2) is 84.9 Å². The van der Waals surface area contributed by atoms with Crippen LogP contribution in [-0.2, 0) is 5.41 Å². The average molecular weight is 741 g/mol. The molecule has 55 heavy (non-hydrogen) atoms. The van der Waals surface area contributed by atoms with Crippen molar-refractivity contribution in [2.24, 2.45) is 5.92 Å². The van der Waals surface area contributed by atoms with Crippen LogP contribution in [0.1, 0.15) is 206 Å². The molecule has 4 aromatic rings. The standard InChI is InChI=1S/C53H76N2/c1-6-9-12-15-16-19-42-34-36-53(37-35-42,45-26-22-43(23-27-45)51(20-17-13-10-7-2)49-32-30-47(54)38-40(49)4)46-28-24-44(25-29-46)52(21-18-14-11-8-3)50-33-31-48(55)39-41(50)5/h22-33,38-39,42,51-52H,6-21,34-37,54-55H2,1-5H3. The van der Waals surface area contributed by atoms with Crippen molar-refractivity contribution in [2.45, 2.75) is 180 Å². The van der Waals surface area contributed by atoms with Crippen LogP contribution in [0.5, 0.6) is 0 Å². The highest BCUT2D eigenvalue weighted by molar-refractivity contribution is 5.51. The molecule has 2 heteroatoms. The van der Waals surface area contributed by atoms with Gasteiger partial charge in [-0.2, -0.15) is 0 Å². The van der Waals surface area contributed by atoms with E-state index in [1.807, 2.05) is 0 Å². The van der Waals surface area contributed by atoms with E-state index < -0.39 is 0 Å². The smallest absolute Gasteiger partial charge is 0.0316 e. The first kappa shape index (κ1) is 42.6. The van der Waals surface area contributed by atoms with E-state index in [0.717, 1.165) is 17.3 Å². The molecule has 0 radical (unpaired) electrons. The van der Waals surface area contributed by atoms with Gasteiger partial charge in [0.1, 0.15) is 0 Å². The monoisotopic (exact) mass is 741 g/mol. The molecule has 298 valence electrons. The third-order valence-corrected chi connectivity index (χ3v) is 13.4. The summed E-state index contributed by atoms with van der Waals surface area (Å²) in [7, 11) is 0. The van der Waals surface area contributed by atoms with Crippen molar-refractivity contribution in [1.29, 1.82) is 0 Å². The van der Waals surface area contributed by atoms with E-state index in [4.69, 9.17) is 11.5 Å². The predicted molar refractivity (Wildman–Crippen MR) is 241 cm³/mol. The molecule has 4 N–H and O–H groups in total. The van der Waals surface area contributed by atoms with Gasteiger partial charge in [-0.3, -0.25) is 0 Å². The van der Waals surface area contributed by atoms with Crippen LogP contribution in [0, 0.1) is 19.8 Å². The molecular formula is C53H76N2. The summed E-state index contributed by atoms with van der Waals surface area (Å²) in [6, 6.07) is 33.1. The molecule has 1 aliphatic rings. The number of hydrogen-bond acceptors (Lipinski definition) is 2. The highest BCUT2D eigenvalue weighted by atomic mass is 14.5. The van der Waals surface area contributed by atoms with Crippen LogP contribution in [0.3, 0.4) is 0 Å². The van der Waals surface area contributed by atoms with Crippen molar-refractivity contribution in [3.63, 3.8) is 0 Å². The van der Waals surface area contributed by atoms with Crippen LogP contribution < -0.4 is 11.5 Å². The number of nitrogen functional groups attached to an aromatic ring is 2. The lowest BCUT2D eigenvalue weighted by Crippen LogP contribution is -2.33. The Morgan fingerprint density at radius 3 is 1.31 bits per heavy atom. The first-order valence-electron chi connectivity index (χ1n) is 22.7. The minimum absolute atomic E-state index is 0.0528. The average Bonchev–Trinajstić information content (AvgIpc) is 3.19. The summed E-state index contributed by atoms with van der Waals surface area (Å²) in [5.41, 5.74) is 25.6. The molecule has 2 nitrogen and oxygen atoms in total. The highest BCUT2D eigenvalue weighted by Gasteiger charge is 2.38. The van der Waals surface area contributed by atoms with Crippen LogP contribution in [0.25, 0.3) is 0 Å². The fourth-order valence-electron chi connectivity index (χ4n) is 10.0. The van der Waals surface area contributed by atoms with Crippen LogP contribution in [0.2, 0.25) is 0 Å². The third-order valence-electron chi connectivity index (χ3n) is 13.4. The highest BCUT2D eigenvalue weighted by Crippen LogP contribution is 2.48. The normalized spacial score (nSPS) is 18.3. The molecule has 1 aliphatic carbocycles. The Morgan fingerprint density at radius 1 is 0.509 bits per heavy atom. The maximum absolute atomic E-state index is 6.23. The maximum atomic E-state index is 6.23. The second-order valence-corrected chi connectivity index (χ2v) is 17.5. The number of anilines is 2. The molecule has 0 aliphatic heterocycles. The van der Waals surface area contributed by atoms with Gasteiger partial charge in [-0.25, -0.2) is 0 Å². The van der Waals surface area contributed by atoms with Gasteiger partial charge in [0, 0.05) is 28.6 Å². The summed E-state index contributed by atoms with van der Waals surface area (Å²) in [6.45, 7) is 11.4. The summed E-state index contributed by atoms with van der Waals surface area (Å²) < 4.78 is 0. The van der Waals surface area contributed by atoms with E-state index in [1.165, 1.54) is 173 Å². The topological polar surface area (TPSA) is 52.0 Å². The number of unbranched alkanes of at least 4 members (excludes halogenated alkanes) is 10. The van der Waals surface area contributed by atoms with Crippen molar-refractivity contribution < 1.29 is 0 Å². The van der Waals surface area contributed by atoms with Gasteiger partial charge in [0.15, 0.2) is 0 Å². The summed E-state index contributed by atoms with van der Waals surface area (Å²) in [5, 5.41) is 0. The molecule has 0 amide bonds. The van der Waals surface area contributed by atoms with Crippen LogP contribution in [0.4, 0.5) is 11.4 Å². The molecule has 4 aromatic carbocycles. The minimum atomic E-state index is 0.0528. The first-order chi connectivity index (χ1) is 26.8. The molecule has 1 saturated carbocycles. The van der Waals surface area contributed by atoms with Crippen molar-refractivity contribution in [3.8, 4) is 0 Å². The number of rotatable bonds is 22. The first-order valence-corrected chi connectivity index (χ1v) is 22.7. The summed E-state index contributed by atoms with van der Waals surface area (Å²) >= 11 is 0. The molecule has 0 heterocycles. The van der Waals surface area contributed by atoms with Crippen LogP contribution >= 0.6 is 0 Å². The molecule has 1 fully saturated rings. The Labute approximate surface area is 337 Å². The van der Waals surface area contributed by atoms with Gasteiger partial charge < -0.3 is 11.5 Å². The number of benzene rings is 4. The molecular weight excluding hydrogens is 665 g/mol. The fraction of sp³-hybridized carbons (Fsp3) is 0.547. The van der Waals surface area contributed by atoms with Gasteiger partial charge in [0.2, 0.25) is 0 Å². The molecule has 0 spiro atoms. The second kappa shape index (κ2) is 21.7. The quantitative estimate of drug-likeness (QED) is 0.0623. The Kier molecular flexibility index (Phi) is 16.8.